The number of carbonyl (C=O) groups excluding carboxylic acids is 1. The highest BCUT2D eigenvalue weighted by atomic mass is 16.7. The molecule has 2 aliphatic rings. The Morgan fingerprint density at radius 3 is 2.72 bits per heavy atom. The van der Waals surface area contributed by atoms with Crippen molar-refractivity contribution in [3.05, 3.63) is 30.5 Å². The highest BCUT2D eigenvalue weighted by molar-refractivity contribution is 5.73. The van der Waals surface area contributed by atoms with Gasteiger partial charge in [0.2, 0.25) is 18.6 Å². The van der Waals surface area contributed by atoms with Crippen LogP contribution in [0.2, 0.25) is 0 Å². The molecule has 8 heteroatoms. The summed E-state index contributed by atoms with van der Waals surface area (Å²) in [5, 5.41) is 3.19. The Balaban J connectivity index is 1.46. The molecule has 0 unspecified atom stereocenters. The molecule has 25 heavy (non-hydrogen) atoms. The van der Waals surface area contributed by atoms with E-state index in [2.05, 4.69) is 20.2 Å². The average molecular weight is 341 g/mol. The largest absolute Gasteiger partial charge is 0.454 e. The van der Waals surface area contributed by atoms with Crippen molar-refractivity contribution >= 4 is 23.4 Å². The van der Waals surface area contributed by atoms with Crippen LogP contribution in [0.25, 0.3) is 0 Å². The van der Waals surface area contributed by atoms with E-state index in [0.717, 1.165) is 30.3 Å². The molecule has 1 saturated heterocycles. The third-order valence-corrected chi connectivity index (χ3v) is 4.32. The fraction of sp³-hybridized carbons (Fsp3) is 0.353. The zero-order valence-corrected chi connectivity index (χ0v) is 13.9. The first kappa shape index (κ1) is 15.5. The lowest BCUT2D eigenvalue weighted by molar-refractivity contribution is -0.129. The van der Waals surface area contributed by atoms with Crippen molar-refractivity contribution in [3.8, 4) is 11.5 Å². The number of fused-ring (bicyclic) bond motifs is 1. The third kappa shape index (κ3) is 3.28. The topological polar surface area (TPSA) is 79.8 Å². The molecule has 1 fully saturated rings. The Bertz CT molecular complexity index is 790. The fourth-order valence-corrected chi connectivity index (χ4v) is 2.94. The Hall–Kier alpha value is -3.03. The van der Waals surface area contributed by atoms with Gasteiger partial charge in [-0.25, -0.2) is 4.98 Å². The summed E-state index contributed by atoms with van der Waals surface area (Å²) >= 11 is 0. The summed E-state index contributed by atoms with van der Waals surface area (Å²) in [5.74, 6) is 2.93. The van der Waals surface area contributed by atoms with Gasteiger partial charge in [0, 0.05) is 51.1 Å². The lowest BCUT2D eigenvalue weighted by Crippen LogP contribution is -2.48. The van der Waals surface area contributed by atoms with Gasteiger partial charge < -0.3 is 24.6 Å². The van der Waals surface area contributed by atoms with Crippen LogP contribution in [0.1, 0.15) is 6.92 Å². The second-order valence-corrected chi connectivity index (χ2v) is 5.92. The van der Waals surface area contributed by atoms with Gasteiger partial charge in [-0.1, -0.05) is 0 Å². The number of hydrogen-bond donors (Lipinski definition) is 1. The molecule has 0 bridgehead atoms. The van der Waals surface area contributed by atoms with Gasteiger partial charge in [-0.3, -0.25) is 4.79 Å². The Morgan fingerprint density at radius 1 is 1.12 bits per heavy atom. The fourth-order valence-electron chi connectivity index (χ4n) is 2.94. The summed E-state index contributed by atoms with van der Waals surface area (Å²) in [6.07, 6.45) is 1.73. The van der Waals surface area contributed by atoms with Crippen LogP contribution in [0.5, 0.6) is 11.5 Å². The molecule has 1 N–H and O–H groups in total. The monoisotopic (exact) mass is 341 g/mol. The molecule has 0 aliphatic carbocycles. The number of hydrogen-bond acceptors (Lipinski definition) is 7. The minimum absolute atomic E-state index is 0.118. The van der Waals surface area contributed by atoms with Crippen molar-refractivity contribution < 1.29 is 14.3 Å². The van der Waals surface area contributed by atoms with Gasteiger partial charge in [-0.2, -0.15) is 4.98 Å². The first-order chi connectivity index (χ1) is 12.2. The molecule has 3 heterocycles. The molecule has 2 aromatic rings. The van der Waals surface area contributed by atoms with Crippen LogP contribution in [0.4, 0.5) is 17.5 Å². The first-order valence-corrected chi connectivity index (χ1v) is 8.19. The van der Waals surface area contributed by atoms with E-state index >= 15 is 0 Å². The van der Waals surface area contributed by atoms with Crippen molar-refractivity contribution in [2.75, 3.05) is 43.2 Å². The molecule has 8 nitrogen and oxygen atoms in total. The van der Waals surface area contributed by atoms with Crippen molar-refractivity contribution in [2.24, 2.45) is 0 Å². The number of nitrogens with zero attached hydrogens (tertiary/aromatic N) is 4. The number of piperazine rings is 1. The minimum Gasteiger partial charge on any atom is -0.454 e. The van der Waals surface area contributed by atoms with Crippen LogP contribution in [0, 0.1) is 0 Å². The van der Waals surface area contributed by atoms with Crippen molar-refractivity contribution in [1.82, 2.24) is 14.9 Å². The summed E-state index contributed by atoms with van der Waals surface area (Å²) in [6, 6.07) is 7.50. The average Bonchev–Trinajstić information content (AvgIpc) is 3.10. The van der Waals surface area contributed by atoms with Crippen molar-refractivity contribution in [2.45, 2.75) is 6.92 Å². The summed E-state index contributed by atoms with van der Waals surface area (Å²) < 4.78 is 10.7. The van der Waals surface area contributed by atoms with Crippen molar-refractivity contribution in [1.29, 1.82) is 0 Å². The number of aromatic nitrogens is 2. The van der Waals surface area contributed by atoms with E-state index in [1.54, 1.807) is 13.1 Å². The number of nitrogens with one attached hydrogen (secondary N) is 1. The standard InChI is InChI=1S/C17H19N5O3/c1-12(23)21-6-8-22(9-7-21)16-4-5-18-17(20-16)19-13-2-3-14-15(10-13)25-11-24-14/h2-5,10H,6-9,11H2,1H3,(H,18,19,20). The molecule has 1 amide bonds. The summed E-state index contributed by atoms with van der Waals surface area (Å²) in [4.78, 5) is 24.3. The molecule has 130 valence electrons. The number of anilines is 3. The van der Waals surface area contributed by atoms with Crippen LogP contribution < -0.4 is 19.7 Å². The number of ether oxygens (including phenoxy) is 2. The lowest BCUT2D eigenvalue weighted by atomic mass is 10.3. The molecule has 0 saturated carbocycles. The smallest absolute Gasteiger partial charge is 0.231 e. The minimum atomic E-state index is 0.118. The van der Waals surface area contributed by atoms with Crippen LogP contribution >= 0.6 is 0 Å². The highest BCUT2D eigenvalue weighted by Gasteiger charge is 2.20. The predicted octanol–water partition coefficient (Wildman–Crippen LogP) is 1.62. The SMILES string of the molecule is CC(=O)N1CCN(c2ccnc(Nc3ccc4c(c3)OCO4)n2)CC1. The van der Waals surface area contributed by atoms with Gasteiger partial charge in [0.25, 0.3) is 0 Å². The molecular weight excluding hydrogens is 322 g/mol. The maximum absolute atomic E-state index is 11.4. The van der Waals surface area contributed by atoms with Gasteiger partial charge in [-0.15, -0.1) is 0 Å². The second-order valence-electron chi connectivity index (χ2n) is 5.92. The van der Waals surface area contributed by atoms with E-state index in [0.29, 0.717) is 24.8 Å². The molecule has 4 rings (SSSR count). The molecule has 0 radical (unpaired) electrons. The molecule has 2 aliphatic heterocycles. The number of amides is 1. The molecule has 0 spiro atoms. The second kappa shape index (κ2) is 6.46. The van der Waals surface area contributed by atoms with Crippen LogP contribution in [-0.4, -0.2) is 53.7 Å². The van der Waals surface area contributed by atoms with E-state index in [1.165, 1.54) is 0 Å². The van der Waals surface area contributed by atoms with E-state index in [9.17, 15) is 4.79 Å². The summed E-state index contributed by atoms with van der Waals surface area (Å²) in [6.45, 7) is 4.80. The van der Waals surface area contributed by atoms with Gasteiger partial charge in [0.1, 0.15) is 5.82 Å². The van der Waals surface area contributed by atoms with Crippen LogP contribution in [-0.2, 0) is 4.79 Å². The van der Waals surface area contributed by atoms with E-state index in [4.69, 9.17) is 9.47 Å². The molecule has 1 aromatic carbocycles. The number of carbonyl (C=O) groups is 1. The number of benzene rings is 1. The first-order valence-electron chi connectivity index (χ1n) is 8.19. The molecule has 1 aromatic heterocycles. The summed E-state index contributed by atoms with van der Waals surface area (Å²) in [5.41, 5.74) is 0.836. The van der Waals surface area contributed by atoms with Gasteiger partial charge in [0.05, 0.1) is 0 Å². The summed E-state index contributed by atoms with van der Waals surface area (Å²) in [7, 11) is 0. The van der Waals surface area contributed by atoms with Crippen LogP contribution in [0.3, 0.4) is 0 Å². The Labute approximate surface area is 145 Å². The zero-order valence-electron chi connectivity index (χ0n) is 13.9. The van der Waals surface area contributed by atoms with Gasteiger partial charge >= 0.3 is 0 Å². The van der Waals surface area contributed by atoms with E-state index in [1.807, 2.05) is 29.2 Å². The van der Waals surface area contributed by atoms with Crippen molar-refractivity contribution in [3.63, 3.8) is 0 Å². The van der Waals surface area contributed by atoms with Gasteiger partial charge in [0.15, 0.2) is 11.5 Å². The number of rotatable bonds is 3. The normalized spacial score (nSPS) is 16.0. The highest BCUT2D eigenvalue weighted by Crippen LogP contribution is 2.34. The third-order valence-electron chi connectivity index (χ3n) is 4.32. The maximum Gasteiger partial charge on any atom is 0.231 e. The zero-order chi connectivity index (χ0) is 17.2. The quantitative estimate of drug-likeness (QED) is 0.908. The molecule has 0 atom stereocenters. The van der Waals surface area contributed by atoms with Crippen LogP contribution in [0.15, 0.2) is 30.5 Å². The van der Waals surface area contributed by atoms with E-state index < -0.39 is 0 Å². The maximum atomic E-state index is 11.4. The van der Waals surface area contributed by atoms with E-state index in [-0.39, 0.29) is 12.7 Å². The molecular formula is C17H19N5O3. The van der Waals surface area contributed by atoms with Gasteiger partial charge in [-0.05, 0) is 18.2 Å². The Morgan fingerprint density at radius 2 is 1.92 bits per heavy atom. The Kier molecular flexibility index (Phi) is 4.01. The predicted molar refractivity (Wildman–Crippen MR) is 92.3 cm³/mol. The lowest BCUT2D eigenvalue weighted by Gasteiger charge is -2.34.